The van der Waals surface area contributed by atoms with E-state index in [1.165, 1.54) is 64.2 Å². The summed E-state index contributed by atoms with van der Waals surface area (Å²) in [6.07, 6.45) is 15.8. The Labute approximate surface area is 131 Å². The predicted molar refractivity (Wildman–Crippen MR) is 95.9 cm³/mol. The van der Waals surface area contributed by atoms with Crippen molar-refractivity contribution in [1.29, 1.82) is 0 Å². The Kier molecular flexibility index (Phi) is 17.9. The molecule has 0 saturated carbocycles. The first-order chi connectivity index (χ1) is 9.81. The van der Waals surface area contributed by atoms with Crippen LogP contribution in [0.3, 0.4) is 0 Å². The summed E-state index contributed by atoms with van der Waals surface area (Å²) in [5.41, 5.74) is 0. The molecule has 0 heterocycles. The molecule has 0 N–H and O–H groups in total. The molecule has 0 saturated heterocycles. The molecule has 0 spiro atoms. The fraction of sp³-hybridized carbons (Fsp3) is 1.00. The highest BCUT2D eigenvalue weighted by Crippen LogP contribution is 2.11. The lowest BCUT2D eigenvalue weighted by Crippen LogP contribution is -1.94. The van der Waals surface area contributed by atoms with E-state index in [0.29, 0.717) is 6.61 Å². The van der Waals surface area contributed by atoms with Crippen LogP contribution in [-0.4, -0.2) is 16.6 Å². The van der Waals surface area contributed by atoms with E-state index in [4.69, 9.17) is 4.18 Å². The SMILES string of the molecule is CCCCCCCCCCCCCO/[SH](=O)=[SH]/CCC. The van der Waals surface area contributed by atoms with E-state index in [1.54, 1.807) is 0 Å². The zero-order chi connectivity index (χ0) is 14.9. The topological polar surface area (TPSA) is 26.3 Å². The largest absolute Gasteiger partial charge is 0.296 e. The van der Waals surface area contributed by atoms with Crippen LogP contribution in [0.5, 0.6) is 0 Å². The fourth-order valence-corrected chi connectivity index (χ4v) is 4.44. The standard InChI is InChI=1S/C16H36O2S2/c1-3-5-6-7-8-9-10-11-12-13-14-15-18-20(17)19-16-4-2/h19-20H,3-16H2,1-2H3. The number of unbranched alkanes of at least 4 members (excludes halogenated alkanes) is 10. The van der Waals surface area contributed by atoms with Crippen molar-refractivity contribution in [3.8, 4) is 0 Å². The van der Waals surface area contributed by atoms with Crippen molar-refractivity contribution in [3.63, 3.8) is 0 Å². The lowest BCUT2D eigenvalue weighted by molar-refractivity contribution is 0.340. The minimum absolute atomic E-state index is 0.683. The van der Waals surface area contributed by atoms with Gasteiger partial charge in [-0.15, -0.1) is 10.3 Å². The van der Waals surface area contributed by atoms with Gasteiger partial charge >= 0.3 is 0 Å². The van der Waals surface area contributed by atoms with Gasteiger partial charge in [0, 0.05) is 0 Å². The summed E-state index contributed by atoms with van der Waals surface area (Å²) in [6, 6.07) is 0. The zero-order valence-electron chi connectivity index (χ0n) is 13.6. The summed E-state index contributed by atoms with van der Waals surface area (Å²) in [7, 11) is -0.427. The molecule has 1 atom stereocenters. The van der Waals surface area contributed by atoms with Crippen LogP contribution in [0.15, 0.2) is 0 Å². The van der Waals surface area contributed by atoms with Gasteiger partial charge in [0.2, 0.25) is 0 Å². The first-order valence-corrected chi connectivity index (χ1v) is 11.5. The molecule has 124 valence electrons. The highest BCUT2D eigenvalue weighted by atomic mass is 32.8. The molecule has 0 aromatic carbocycles. The van der Waals surface area contributed by atoms with Crippen molar-refractivity contribution < 1.29 is 8.39 Å². The molecule has 0 aliphatic carbocycles. The third-order valence-electron chi connectivity index (χ3n) is 3.39. The first kappa shape index (κ1) is 20.5. The fourth-order valence-electron chi connectivity index (χ4n) is 2.13. The van der Waals surface area contributed by atoms with Gasteiger partial charge in [-0.1, -0.05) is 78.1 Å². The molecule has 0 aromatic heterocycles. The molecule has 0 radical (unpaired) electrons. The van der Waals surface area contributed by atoms with Crippen LogP contribution in [0.2, 0.25) is 0 Å². The van der Waals surface area contributed by atoms with Crippen molar-refractivity contribution >= 4 is 20.0 Å². The van der Waals surface area contributed by atoms with Gasteiger partial charge in [-0.05, 0) is 18.6 Å². The van der Waals surface area contributed by atoms with E-state index in [9.17, 15) is 4.21 Å². The Hall–Kier alpha value is 0.460. The van der Waals surface area contributed by atoms with Crippen molar-refractivity contribution in [3.05, 3.63) is 0 Å². The normalized spacial score (nSPS) is 13.3. The average molecular weight is 325 g/mol. The summed E-state index contributed by atoms with van der Waals surface area (Å²) in [5.74, 6) is 0.994. The summed E-state index contributed by atoms with van der Waals surface area (Å²) in [6.45, 7) is 5.06. The van der Waals surface area contributed by atoms with Crippen LogP contribution >= 0.6 is 0 Å². The average Bonchev–Trinajstić information content (AvgIpc) is 2.46. The number of hydrogen-bond donors (Lipinski definition) is 2. The summed E-state index contributed by atoms with van der Waals surface area (Å²) < 4.78 is 16.7. The van der Waals surface area contributed by atoms with Gasteiger partial charge in [-0.25, -0.2) is 4.21 Å². The Morgan fingerprint density at radius 2 is 1.25 bits per heavy atom. The highest BCUT2D eigenvalue weighted by molar-refractivity contribution is 8.27. The van der Waals surface area contributed by atoms with Gasteiger partial charge in [0.25, 0.3) is 0 Å². The second-order valence-corrected chi connectivity index (χ2v) is 8.76. The minimum atomic E-state index is -1.40. The van der Waals surface area contributed by atoms with Crippen molar-refractivity contribution in [2.45, 2.75) is 90.9 Å². The first-order valence-electron chi connectivity index (χ1n) is 8.58. The van der Waals surface area contributed by atoms with Gasteiger partial charge in [0.1, 0.15) is 0 Å². The van der Waals surface area contributed by atoms with Gasteiger partial charge < -0.3 is 0 Å². The summed E-state index contributed by atoms with van der Waals surface area (Å²) >= 11 is 0. The van der Waals surface area contributed by atoms with E-state index >= 15 is 0 Å². The Morgan fingerprint density at radius 1 is 0.750 bits per heavy atom. The van der Waals surface area contributed by atoms with Crippen LogP contribution in [0, 0.1) is 0 Å². The van der Waals surface area contributed by atoms with E-state index in [0.717, 1.165) is 28.9 Å². The molecule has 1 unspecified atom stereocenters. The van der Waals surface area contributed by atoms with Crippen LogP contribution < -0.4 is 0 Å². The maximum Gasteiger partial charge on any atom is 0.0918 e. The number of thiol groups is 2. The molecule has 0 amide bonds. The zero-order valence-corrected chi connectivity index (χ0v) is 15.4. The highest BCUT2D eigenvalue weighted by Gasteiger charge is 1.93. The monoisotopic (exact) mass is 324 g/mol. The number of rotatable bonds is 15. The molecule has 0 bridgehead atoms. The molecule has 20 heavy (non-hydrogen) atoms. The maximum absolute atomic E-state index is 11.4. The smallest absolute Gasteiger partial charge is 0.0918 e. The quantitative estimate of drug-likeness (QED) is 0.333. The summed E-state index contributed by atoms with van der Waals surface area (Å²) in [5, 5.41) is 0. The van der Waals surface area contributed by atoms with Crippen molar-refractivity contribution in [2.24, 2.45) is 0 Å². The number of hydrogen-bond acceptors (Lipinski definition) is 2. The van der Waals surface area contributed by atoms with Gasteiger partial charge in [0.15, 0.2) is 0 Å². The second kappa shape index (κ2) is 17.5. The Bertz CT molecular complexity index is 261. The second-order valence-electron chi connectivity index (χ2n) is 5.47. The lowest BCUT2D eigenvalue weighted by Gasteiger charge is -2.02. The summed E-state index contributed by atoms with van der Waals surface area (Å²) in [4.78, 5) is 0. The van der Waals surface area contributed by atoms with Crippen LogP contribution in [0.1, 0.15) is 90.9 Å². The maximum atomic E-state index is 11.4. The van der Waals surface area contributed by atoms with Crippen molar-refractivity contribution in [1.82, 2.24) is 0 Å². The molecule has 4 heteroatoms. The van der Waals surface area contributed by atoms with Gasteiger partial charge in [-0.3, -0.25) is 4.18 Å². The minimum Gasteiger partial charge on any atom is -0.296 e. The van der Waals surface area contributed by atoms with Crippen molar-refractivity contribution in [2.75, 3.05) is 12.4 Å². The third kappa shape index (κ3) is 16.5. The van der Waals surface area contributed by atoms with Crippen LogP contribution in [0.4, 0.5) is 0 Å². The van der Waals surface area contributed by atoms with Gasteiger partial charge in [-0.2, -0.15) is 0 Å². The third-order valence-corrected chi connectivity index (χ3v) is 6.31. The lowest BCUT2D eigenvalue weighted by atomic mass is 10.1. The molecular formula is C16H36O2S2. The molecule has 0 aromatic rings. The molecule has 0 aliphatic rings. The Morgan fingerprint density at radius 3 is 1.75 bits per heavy atom. The van der Waals surface area contributed by atoms with Crippen LogP contribution in [0.25, 0.3) is 0 Å². The molecule has 0 fully saturated rings. The molecule has 2 nitrogen and oxygen atoms in total. The van der Waals surface area contributed by atoms with Crippen LogP contribution in [-0.2, 0) is 24.1 Å². The van der Waals surface area contributed by atoms with Gasteiger partial charge in [0.05, 0.1) is 16.2 Å². The predicted octanol–water partition coefficient (Wildman–Crippen LogP) is 4.85. The van der Waals surface area contributed by atoms with E-state index in [1.807, 2.05) is 0 Å². The molecule has 0 rings (SSSR count). The molecule has 0 aliphatic heterocycles. The van der Waals surface area contributed by atoms with E-state index in [-0.39, 0.29) is 0 Å². The molecular weight excluding hydrogens is 288 g/mol. The van der Waals surface area contributed by atoms with E-state index < -0.39 is 9.64 Å². The Balaban J connectivity index is 3.11. The van der Waals surface area contributed by atoms with E-state index in [2.05, 4.69) is 13.8 Å².